The second-order valence-electron chi connectivity index (χ2n) is 4.35. The number of aromatic nitrogens is 2. The van der Waals surface area contributed by atoms with Crippen molar-refractivity contribution in [2.75, 3.05) is 0 Å². The Hall–Kier alpha value is -1.20. The zero-order chi connectivity index (χ0) is 13.8. The molecule has 1 aromatic rings. The van der Waals surface area contributed by atoms with Gasteiger partial charge in [0.05, 0.1) is 15.8 Å². The van der Waals surface area contributed by atoms with Gasteiger partial charge in [-0.05, 0) is 25.8 Å². The molecule has 4 nitrogen and oxygen atoms in total. The normalized spacial score (nSPS) is 24.5. The lowest BCUT2D eigenvalue weighted by molar-refractivity contribution is 0.428. The lowest BCUT2D eigenvalue weighted by Crippen LogP contribution is -1.98. The molecule has 6 heteroatoms. The Morgan fingerprint density at radius 2 is 2.32 bits per heavy atom. The summed E-state index contributed by atoms with van der Waals surface area (Å²) in [7, 11) is 1.85. The Balaban J connectivity index is 2.03. The summed E-state index contributed by atoms with van der Waals surface area (Å²) in [5, 5.41) is 15.5. The maximum atomic E-state index is 9.50. The average molecular weight is 298 g/mol. The van der Waals surface area contributed by atoms with Crippen LogP contribution < -0.4 is 0 Å². The number of aryl methyl sites for hydroxylation is 1. The fraction of sp³-hybridized carbons (Fsp3) is 0.385. The number of thioether (sulfide) groups is 1. The molecular weight excluding hydrogens is 282 g/mol. The number of aliphatic hydroxyl groups is 1. The smallest absolute Gasteiger partial charge is 0.113 e. The first-order chi connectivity index (χ1) is 9.04. The summed E-state index contributed by atoms with van der Waals surface area (Å²) < 4.78 is 1.71. The van der Waals surface area contributed by atoms with E-state index in [4.69, 9.17) is 11.6 Å². The molecule has 2 heterocycles. The minimum absolute atomic E-state index is 0.290. The van der Waals surface area contributed by atoms with Gasteiger partial charge in [-0.3, -0.25) is 9.67 Å². The van der Waals surface area contributed by atoms with Gasteiger partial charge in [0.25, 0.3) is 0 Å². The zero-order valence-electron chi connectivity index (χ0n) is 10.9. The fourth-order valence-corrected chi connectivity index (χ4v) is 3.07. The molecule has 0 aromatic carbocycles. The Morgan fingerprint density at radius 1 is 1.53 bits per heavy atom. The number of halogens is 1. The van der Waals surface area contributed by atoms with E-state index in [-0.39, 0.29) is 5.76 Å². The van der Waals surface area contributed by atoms with Crippen molar-refractivity contribution in [3.63, 3.8) is 0 Å². The van der Waals surface area contributed by atoms with Crippen LogP contribution in [-0.2, 0) is 12.8 Å². The van der Waals surface area contributed by atoms with Gasteiger partial charge in [0.15, 0.2) is 0 Å². The van der Waals surface area contributed by atoms with Crippen LogP contribution in [0.4, 0.5) is 0 Å². The minimum Gasteiger partial charge on any atom is -0.508 e. The van der Waals surface area contributed by atoms with Gasteiger partial charge < -0.3 is 5.11 Å². The van der Waals surface area contributed by atoms with Gasteiger partial charge in [-0.2, -0.15) is 5.10 Å². The maximum Gasteiger partial charge on any atom is 0.113 e. The lowest BCUT2D eigenvalue weighted by atomic mass is 10.2. The van der Waals surface area contributed by atoms with Crippen LogP contribution in [0.5, 0.6) is 0 Å². The molecule has 0 radical (unpaired) electrons. The molecule has 1 N–H and O–H groups in total. The molecule has 0 spiro atoms. The quantitative estimate of drug-likeness (QED) is 0.902. The predicted octanol–water partition coefficient (Wildman–Crippen LogP) is 3.84. The van der Waals surface area contributed by atoms with Gasteiger partial charge in [-0.15, -0.1) is 11.8 Å². The van der Waals surface area contributed by atoms with Crippen LogP contribution in [0.1, 0.15) is 25.5 Å². The van der Waals surface area contributed by atoms with Gasteiger partial charge in [0.2, 0.25) is 0 Å². The van der Waals surface area contributed by atoms with Crippen LogP contribution in [-0.4, -0.2) is 19.9 Å². The van der Waals surface area contributed by atoms with Crippen molar-refractivity contribution in [2.24, 2.45) is 12.0 Å². The molecule has 1 aliphatic rings. The third-order valence-electron chi connectivity index (χ3n) is 2.60. The summed E-state index contributed by atoms with van der Waals surface area (Å²) in [6.45, 7) is 1.88. The highest BCUT2D eigenvalue weighted by atomic mass is 35.5. The first kappa shape index (κ1) is 14.2. The van der Waals surface area contributed by atoms with Crippen molar-refractivity contribution in [1.29, 1.82) is 0 Å². The summed E-state index contributed by atoms with van der Waals surface area (Å²) in [4.78, 5) is 4.50. The molecular formula is C13H16ClN3OS. The first-order valence-corrected chi connectivity index (χ1v) is 7.37. The van der Waals surface area contributed by atoms with E-state index in [1.807, 2.05) is 20.0 Å². The molecule has 0 saturated carbocycles. The topological polar surface area (TPSA) is 50.4 Å². The Kier molecular flexibility index (Phi) is 4.71. The number of hydrogen-bond donors (Lipinski definition) is 1. The number of aliphatic imine (C=N–C) groups is 1. The molecule has 2 rings (SSSR count). The molecule has 0 atom stereocenters. The summed E-state index contributed by atoms with van der Waals surface area (Å²) in [6, 6.07) is 0. The van der Waals surface area contributed by atoms with E-state index < -0.39 is 0 Å². The molecule has 1 aliphatic heterocycles. The van der Waals surface area contributed by atoms with Gasteiger partial charge in [0.1, 0.15) is 5.76 Å². The van der Waals surface area contributed by atoms with Crippen LogP contribution in [0.2, 0.25) is 5.02 Å². The van der Waals surface area contributed by atoms with Gasteiger partial charge >= 0.3 is 0 Å². The molecule has 19 heavy (non-hydrogen) atoms. The van der Waals surface area contributed by atoms with Crippen molar-refractivity contribution in [3.05, 3.63) is 40.5 Å². The Labute approximate surface area is 121 Å². The van der Waals surface area contributed by atoms with Crippen molar-refractivity contribution in [1.82, 2.24) is 9.78 Å². The first-order valence-electron chi connectivity index (χ1n) is 6.00. The van der Waals surface area contributed by atoms with E-state index in [0.29, 0.717) is 10.8 Å². The van der Waals surface area contributed by atoms with E-state index in [0.717, 1.165) is 29.3 Å². The number of allylic oxidation sites excluding steroid dienone is 3. The predicted molar refractivity (Wildman–Crippen MR) is 80.7 cm³/mol. The van der Waals surface area contributed by atoms with E-state index in [9.17, 15) is 5.11 Å². The van der Waals surface area contributed by atoms with Gasteiger partial charge in [-0.25, -0.2) is 0 Å². The monoisotopic (exact) mass is 297 g/mol. The van der Waals surface area contributed by atoms with E-state index in [2.05, 4.69) is 10.1 Å². The summed E-state index contributed by atoms with van der Waals surface area (Å²) >= 11 is 7.72. The minimum atomic E-state index is 0.290. The summed E-state index contributed by atoms with van der Waals surface area (Å²) in [5.41, 5.74) is 1.68. The van der Waals surface area contributed by atoms with Crippen LogP contribution in [0.3, 0.4) is 0 Å². The average Bonchev–Trinajstić information content (AvgIpc) is 2.62. The van der Waals surface area contributed by atoms with Crippen molar-refractivity contribution in [3.8, 4) is 0 Å². The highest BCUT2D eigenvalue weighted by Crippen LogP contribution is 2.23. The maximum absolute atomic E-state index is 9.50. The summed E-state index contributed by atoms with van der Waals surface area (Å²) in [6.07, 6.45) is 6.89. The van der Waals surface area contributed by atoms with Crippen molar-refractivity contribution in [2.45, 2.75) is 25.5 Å². The molecule has 0 fully saturated rings. The van der Waals surface area contributed by atoms with Gasteiger partial charge in [0, 0.05) is 30.8 Å². The van der Waals surface area contributed by atoms with Crippen molar-refractivity contribution < 1.29 is 5.11 Å². The standard InChI is InChI=1S/C13H16ClN3OS/c1-9-6-10(18)4-3-5-13(15-9)19-8-12-11(14)7-17(2)16-12/h4,6-7,18H,3,5,8H2,1-2H3/b9-6-,10-4+,15-13+. The molecule has 0 saturated heterocycles. The molecule has 0 bridgehead atoms. The van der Waals surface area contributed by atoms with E-state index in [1.165, 1.54) is 0 Å². The SMILES string of the molecule is CC1=C/C(O)=C\CC/C(SCc2nn(C)cc2Cl)=N\1. The van der Waals surface area contributed by atoms with Crippen LogP contribution in [0.25, 0.3) is 0 Å². The number of rotatable bonds is 2. The van der Waals surface area contributed by atoms with Gasteiger partial charge in [-0.1, -0.05) is 11.6 Å². The third-order valence-corrected chi connectivity index (χ3v) is 3.96. The third kappa shape index (κ3) is 4.14. The van der Waals surface area contributed by atoms with E-state index in [1.54, 1.807) is 28.7 Å². The molecule has 0 aliphatic carbocycles. The molecule has 1 aromatic heterocycles. The van der Waals surface area contributed by atoms with Crippen LogP contribution in [0, 0.1) is 0 Å². The number of hydrogen-bond acceptors (Lipinski definition) is 4. The van der Waals surface area contributed by atoms with Crippen LogP contribution >= 0.6 is 23.4 Å². The highest BCUT2D eigenvalue weighted by Gasteiger charge is 2.09. The van der Waals surface area contributed by atoms with Crippen LogP contribution in [0.15, 0.2) is 34.8 Å². The number of nitrogens with zero attached hydrogens (tertiary/aromatic N) is 3. The second kappa shape index (κ2) is 6.30. The summed E-state index contributed by atoms with van der Waals surface area (Å²) in [5.74, 6) is 1.000. The van der Waals surface area contributed by atoms with E-state index >= 15 is 0 Å². The molecule has 102 valence electrons. The largest absolute Gasteiger partial charge is 0.508 e. The Morgan fingerprint density at radius 3 is 3.00 bits per heavy atom. The highest BCUT2D eigenvalue weighted by molar-refractivity contribution is 8.13. The second-order valence-corrected chi connectivity index (χ2v) is 5.80. The van der Waals surface area contributed by atoms with Crippen molar-refractivity contribution >= 4 is 28.4 Å². The lowest BCUT2D eigenvalue weighted by Gasteiger charge is -2.07. The molecule has 0 unspecified atom stereocenters. The Bertz CT molecular complexity index is 560. The fourth-order valence-electron chi connectivity index (χ4n) is 1.76. The number of aliphatic hydroxyl groups excluding tert-OH is 1. The molecule has 0 amide bonds. The zero-order valence-corrected chi connectivity index (χ0v) is 12.5.